The van der Waals surface area contributed by atoms with Crippen LogP contribution in [-0.2, 0) is 0 Å². The predicted molar refractivity (Wildman–Crippen MR) is 215 cm³/mol. The average molecular weight is 651 g/mol. The molecule has 2 heterocycles. The van der Waals surface area contributed by atoms with Crippen LogP contribution in [0, 0.1) is 0 Å². The zero-order chi connectivity index (χ0) is 33.5. The summed E-state index contributed by atoms with van der Waals surface area (Å²) in [5, 5.41) is 11.9. The standard InChI is InChI=1S/C48H30N2O/c1-2-15-34(16-3-1)50-44-21-11-10-20-40(44)42-29-35(23-25-45(42)50)49(46-27-33-14-6-7-17-37(33)38-18-8-9-19-39(38)46)36-22-24-41-43-26-31-12-4-5-13-32(31)28-47(43)51-48(41)30-36/h1-30H. The Kier molecular flexibility index (Phi) is 5.96. The van der Waals surface area contributed by atoms with Gasteiger partial charge in [0.2, 0.25) is 0 Å². The molecule has 0 atom stereocenters. The summed E-state index contributed by atoms with van der Waals surface area (Å²) in [5.74, 6) is 0. The molecular weight excluding hydrogens is 621 g/mol. The number of fused-ring (bicyclic) bond motifs is 10. The van der Waals surface area contributed by atoms with Crippen molar-refractivity contribution in [1.82, 2.24) is 4.57 Å². The number of rotatable bonds is 4. The van der Waals surface area contributed by atoms with Crippen molar-refractivity contribution in [2.24, 2.45) is 0 Å². The summed E-state index contributed by atoms with van der Waals surface area (Å²) in [6.45, 7) is 0. The van der Waals surface area contributed by atoms with Gasteiger partial charge >= 0.3 is 0 Å². The molecular formula is C48H30N2O. The fourth-order valence-corrected chi connectivity index (χ4v) is 8.19. The number of furan rings is 1. The van der Waals surface area contributed by atoms with Crippen molar-refractivity contribution in [3.8, 4) is 5.69 Å². The first-order valence-corrected chi connectivity index (χ1v) is 17.4. The molecule has 11 aromatic rings. The Morgan fingerprint density at radius 3 is 1.80 bits per heavy atom. The second-order valence-electron chi connectivity index (χ2n) is 13.4. The van der Waals surface area contributed by atoms with Gasteiger partial charge in [0.1, 0.15) is 11.2 Å². The number of nitrogens with zero attached hydrogens (tertiary/aromatic N) is 2. The van der Waals surface area contributed by atoms with E-state index in [1.54, 1.807) is 0 Å². The lowest BCUT2D eigenvalue weighted by Gasteiger charge is -2.28. The van der Waals surface area contributed by atoms with Crippen molar-refractivity contribution in [3.05, 3.63) is 182 Å². The molecule has 238 valence electrons. The van der Waals surface area contributed by atoms with E-state index in [1.807, 2.05) is 0 Å². The zero-order valence-corrected chi connectivity index (χ0v) is 27.6. The summed E-state index contributed by atoms with van der Waals surface area (Å²) < 4.78 is 9.00. The van der Waals surface area contributed by atoms with Gasteiger partial charge in [-0.1, -0.05) is 109 Å². The van der Waals surface area contributed by atoms with Gasteiger partial charge in [0.05, 0.1) is 16.7 Å². The van der Waals surface area contributed by atoms with Crippen LogP contribution < -0.4 is 4.90 Å². The number of aromatic nitrogens is 1. The molecule has 0 aliphatic carbocycles. The molecule has 3 nitrogen and oxygen atoms in total. The summed E-state index contributed by atoms with van der Waals surface area (Å²) in [4.78, 5) is 2.41. The largest absolute Gasteiger partial charge is 0.456 e. The van der Waals surface area contributed by atoms with Gasteiger partial charge in [-0.2, -0.15) is 0 Å². The first-order valence-electron chi connectivity index (χ1n) is 17.4. The zero-order valence-electron chi connectivity index (χ0n) is 27.6. The average Bonchev–Trinajstić information content (AvgIpc) is 3.72. The maximum Gasteiger partial charge on any atom is 0.137 e. The molecule has 51 heavy (non-hydrogen) atoms. The second kappa shape index (κ2) is 10.8. The molecule has 0 aliphatic rings. The van der Waals surface area contributed by atoms with Gasteiger partial charge < -0.3 is 13.9 Å². The van der Waals surface area contributed by atoms with E-state index >= 15 is 0 Å². The Bertz CT molecular complexity index is 3150. The Labute approximate surface area is 293 Å². The van der Waals surface area contributed by atoms with Crippen molar-refractivity contribution in [2.75, 3.05) is 4.90 Å². The highest BCUT2D eigenvalue weighted by molar-refractivity contribution is 6.16. The molecule has 0 unspecified atom stereocenters. The quantitative estimate of drug-likeness (QED) is 0.177. The van der Waals surface area contributed by atoms with Crippen molar-refractivity contribution in [3.63, 3.8) is 0 Å². The Hall–Kier alpha value is -6.84. The van der Waals surface area contributed by atoms with Gasteiger partial charge in [-0.3, -0.25) is 0 Å². The SMILES string of the molecule is c1ccc(-n2c3ccccc3c3cc(N(c4ccc5c(c4)oc4cc6ccccc6cc45)c4cc5ccccc5c5ccccc45)ccc32)cc1. The summed E-state index contributed by atoms with van der Waals surface area (Å²) in [7, 11) is 0. The van der Waals surface area contributed by atoms with Gasteiger partial charge in [-0.15, -0.1) is 0 Å². The van der Waals surface area contributed by atoms with Crippen LogP contribution >= 0.6 is 0 Å². The van der Waals surface area contributed by atoms with Gasteiger partial charge in [-0.05, 0) is 93.7 Å². The van der Waals surface area contributed by atoms with Crippen LogP contribution in [0.4, 0.5) is 17.1 Å². The van der Waals surface area contributed by atoms with Crippen molar-refractivity contribution in [2.45, 2.75) is 0 Å². The van der Waals surface area contributed by atoms with E-state index in [-0.39, 0.29) is 0 Å². The van der Waals surface area contributed by atoms with Crippen molar-refractivity contribution < 1.29 is 4.42 Å². The lowest BCUT2D eigenvalue weighted by molar-refractivity contribution is 0.669. The molecule has 0 radical (unpaired) electrons. The lowest BCUT2D eigenvalue weighted by Crippen LogP contribution is -2.10. The minimum Gasteiger partial charge on any atom is -0.456 e. The third kappa shape index (κ3) is 4.25. The maximum atomic E-state index is 6.63. The minimum atomic E-state index is 0.870. The fourth-order valence-electron chi connectivity index (χ4n) is 8.19. The smallest absolute Gasteiger partial charge is 0.137 e. The van der Waals surface area contributed by atoms with E-state index in [4.69, 9.17) is 4.42 Å². The number of para-hydroxylation sites is 2. The molecule has 0 saturated heterocycles. The molecule has 3 heteroatoms. The topological polar surface area (TPSA) is 21.3 Å². The summed E-state index contributed by atoms with van der Waals surface area (Å²) >= 11 is 0. The van der Waals surface area contributed by atoms with E-state index in [2.05, 4.69) is 191 Å². The van der Waals surface area contributed by atoms with Crippen molar-refractivity contribution >= 4 is 93.1 Å². The van der Waals surface area contributed by atoms with Crippen LogP contribution in [0.2, 0.25) is 0 Å². The molecule has 0 N–H and O–H groups in total. The van der Waals surface area contributed by atoms with E-state index < -0.39 is 0 Å². The van der Waals surface area contributed by atoms with E-state index in [9.17, 15) is 0 Å². The lowest BCUT2D eigenvalue weighted by atomic mass is 9.98. The number of hydrogen-bond donors (Lipinski definition) is 0. The van der Waals surface area contributed by atoms with Gasteiger partial charge in [0.25, 0.3) is 0 Å². The van der Waals surface area contributed by atoms with Gasteiger partial charge in [-0.25, -0.2) is 0 Å². The fraction of sp³-hybridized carbons (Fsp3) is 0. The van der Waals surface area contributed by atoms with Crippen LogP contribution in [0.15, 0.2) is 186 Å². The molecule has 0 saturated carbocycles. The summed E-state index contributed by atoms with van der Waals surface area (Å²) in [5.41, 5.74) is 8.53. The molecule has 0 spiro atoms. The van der Waals surface area contributed by atoms with E-state index in [0.717, 1.165) is 44.7 Å². The summed E-state index contributed by atoms with van der Waals surface area (Å²) in [6.07, 6.45) is 0. The Balaban J connectivity index is 1.20. The van der Waals surface area contributed by atoms with Crippen LogP contribution in [0.1, 0.15) is 0 Å². The highest BCUT2D eigenvalue weighted by Crippen LogP contribution is 2.45. The van der Waals surface area contributed by atoms with Gasteiger partial charge in [0.15, 0.2) is 0 Å². The predicted octanol–water partition coefficient (Wildman–Crippen LogP) is 13.6. The van der Waals surface area contributed by atoms with E-state index in [1.165, 1.54) is 54.1 Å². The van der Waals surface area contributed by atoms with Crippen molar-refractivity contribution in [1.29, 1.82) is 0 Å². The highest BCUT2D eigenvalue weighted by atomic mass is 16.3. The molecule has 0 amide bonds. The molecule has 0 aliphatic heterocycles. The van der Waals surface area contributed by atoms with Crippen LogP contribution in [0.5, 0.6) is 0 Å². The first kappa shape index (κ1) is 28.0. The van der Waals surface area contributed by atoms with E-state index in [0.29, 0.717) is 0 Å². The highest BCUT2D eigenvalue weighted by Gasteiger charge is 2.21. The molecule has 9 aromatic carbocycles. The summed E-state index contributed by atoms with van der Waals surface area (Å²) in [6, 6.07) is 65.6. The van der Waals surface area contributed by atoms with Crippen LogP contribution in [0.3, 0.4) is 0 Å². The molecule has 2 aromatic heterocycles. The molecule has 0 bridgehead atoms. The maximum absolute atomic E-state index is 6.63. The van der Waals surface area contributed by atoms with Crippen LogP contribution in [0.25, 0.3) is 81.7 Å². The number of benzene rings is 9. The molecule has 11 rings (SSSR count). The monoisotopic (exact) mass is 650 g/mol. The van der Waals surface area contributed by atoms with Gasteiger partial charge in [0, 0.05) is 50.1 Å². The molecule has 0 fully saturated rings. The third-order valence-corrected chi connectivity index (χ3v) is 10.5. The normalized spacial score (nSPS) is 11.9. The van der Waals surface area contributed by atoms with Crippen LogP contribution in [-0.4, -0.2) is 4.57 Å². The number of hydrogen-bond acceptors (Lipinski definition) is 2. The second-order valence-corrected chi connectivity index (χ2v) is 13.4. The Morgan fingerprint density at radius 2 is 0.961 bits per heavy atom. The minimum absolute atomic E-state index is 0.870. The third-order valence-electron chi connectivity index (χ3n) is 10.5. The Morgan fingerprint density at radius 1 is 0.353 bits per heavy atom. The number of anilines is 3. The first-order chi connectivity index (χ1) is 25.3.